The first kappa shape index (κ1) is 22.0. The number of hydrogen-bond acceptors (Lipinski definition) is 8. The molecule has 2 heterocycles. The Morgan fingerprint density at radius 3 is 2.72 bits per heavy atom. The SMILES string of the molecule is CCCOc1ccc(-c2cc(-c3ccc4oc(C(N)(CO)CN=O)cc4c3)no2)cc1Cl. The van der Waals surface area contributed by atoms with E-state index in [9.17, 15) is 10.0 Å². The maximum Gasteiger partial charge on any atom is 0.167 e. The van der Waals surface area contributed by atoms with Gasteiger partial charge in [0.25, 0.3) is 0 Å². The molecule has 0 aliphatic carbocycles. The number of aliphatic hydroxyl groups excluding tert-OH is 1. The average Bonchev–Trinajstić information content (AvgIpc) is 3.45. The van der Waals surface area contributed by atoms with Gasteiger partial charge in [0.1, 0.15) is 34.9 Å². The Bertz CT molecular complexity index is 1250. The highest BCUT2D eigenvalue weighted by molar-refractivity contribution is 6.32. The van der Waals surface area contributed by atoms with E-state index in [1.807, 2.05) is 37.3 Å². The lowest BCUT2D eigenvalue weighted by molar-refractivity contribution is 0.182. The van der Waals surface area contributed by atoms with E-state index in [2.05, 4.69) is 10.3 Å². The summed E-state index contributed by atoms with van der Waals surface area (Å²) in [5.41, 5.74) is 7.48. The number of nitrogens with two attached hydrogens (primary N) is 1. The molecule has 3 N–H and O–H groups in total. The van der Waals surface area contributed by atoms with Crippen molar-refractivity contribution in [3.63, 3.8) is 0 Å². The molecule has 2 aromatic heterocycles. The van der Waals surface area contributed by atoms with Crippen LogP contribution in [-0.2, 0) is 5.54 Å². The van der Waals surface area contributed by atoms with Gasteiger partial charge in [0.15, 0.2) is 5.76 Å². The largest absolute Gasteiger partial charge is 0.492 e. The van der Waals surface area contributed by atoms with E-state index in [1.54, 1.807) is 18.2 Å². The third-order valence-electron chi connectivity index (χ3n) is 5.12. The topological polar surface area (TPSA) is 124 Å². The second-order valence-electron chi connectivity index (χ2n) is 7.53. The second kappa shape index (κ2) is 9.12. The highest BCUT2D eigenvalue weighted by atomic mass is 35.5. The molecule has 0 fully saturated rings. The smallest absolute Gasteiger partial charge is 0.167 e. The zero-order valence-electron chi connectivity index (χ0n) is 17.4. The number of nitroso groups, excluding NO2 is 1. The Labute approximate surface area is 188 Å². The summed E-state index contributed by atoms with van der Waals surface area (Å²) in [6.45, 7) is 1.86. The molecule has 0 radical (unpaired) electrons. The molecule has 0 saturated heterocycles. The number of fused-ring (bicyclic) bond motifs is 1. The Balaban J connectivity index is 1.62. The Kier molecular flexibility index (Phi) is 6.27. The second-order valence-corrected chi connectivity index (χ2v) is 7.94. The molecule has 4 aromatic rings. The van der Waals surface area contributed by atoms with Gasteiger partial charge in [0.05, 0.1) is 18.2 Å². The van der Waals surface area contributed by atoms with Gasteiger partial charge in [0.2, 0.25) is 0 Å². The van der Waals surface area contributed by atoms with Crippen molar-refractivity contribution in [3.05, 3.63) is 64.2 Å². The van der Waals surface area contributed by atoms with Gasteiger partial charge in [-0.25, -0.2) is 0 Å². The van der Waals surface area contributed by atoms with Crippen molar-refractivity contribution in [3.8, 4) is 28.3 Å². The van der Waals surface area contributed by atoms with E-state index in [0.29, 0.717) is 34.4 Å². The number of furan rings is 1. The third kappa shape index (κ3) is 4.25. The van der Waals surface area contributed by atoms with Crippen molar-refractivity contribution in [2.45, 2.75) is 18.9 Å². The van der Waals surface area contributed by atoms with Crippen LogP contribution in [0.3, 0.4) is 0 Å². The quantitative estimate of drug-likeness (QED) is 0.336. The van der Waals surface area contributed by atoms with E-state index in [0.717, 1.165) is 22.9 Å². The van der Waals surface area contributed by atoms with Gasteiger partial charge >= 0.3 is 0 Å². The van der Waals surface area contributed by atoms with Crippen LogP contribution in [0, 0.1) is 4.91 Å². The van der Waals surface area contributed by atoms with Gasteiger partial charge in [-0.05, 0) is 48.9 Å². The first-order valence-corrected chi connectivity index (χ1v) is 10.5. The predicted molar refractivity (Wildman–Crippen MR) is 122 cm³/mol. The monoisotopic (exact) mass is 455 g/mol. The fraction of sp³-hybridized carbons (Fsp3) is 0.261. The van der Waals surface area contributed by atoms with Crippen LogP contribution < -0.4 is 10.5 Å². The number of aromatic nitrogens is 1. The average molecular weight is 456 g/mol. The summed E-state index contributed by atoms with van der Waals surface area (Å²) >= 11 is 6.33. The molecular weight excluding hydrogens is 434 g/mol. The highest BCUT2D eigenvalue weighted by Crippen LogP contribution is 2.34. The molecule has 32 heavy (non-hydrogen) atoms. The number of benzene rings is 2. The van der Waals surface area contributed by atoms with Gasteiger partial charge in [-0.3, -0.25) is 0 Å². The Hall–Kier alpha value is -3.20. The first-order valence-electron chi connectivity index (χ1n) is 10.1. The molecule has 0 amide bonds. The highest BCUT2D eigenvalue weighted by Gasteiger charge is 2.31. The predicted octanol–water partition coefficient (Wildman–Crippen LogP) is 5.11. The van der Waals surface area contributed by atoms with E-state index < -0.39 is 12.1 Å². The molecule has 0 spiro atoms. The summed E-state index contributed by atoms with van der Waals surface area (Å²) in [6, 6.07) is 14.4. The van der Waals surface area contributed by atoms with Gasteiger partial charge in [-0.2, -0.15) is 4.91 Å². The van der Waals surface area contributed by atoms with Crippen LogP contribution in [0.4, 0.5) is 0 Å². The van der Waals surface area contributed by atoms with Crippen LogP contribution in [0.5, 0.6) is 5.75 Å². The van der Waals surface area contributed by atoms with E-state index >= 15 is 0 Å². The molecule has 1 atom stereocenters. The van der Waals surface area contributed by atoms with E-state index in [-0.39, 0.29) is 12.3 Å². The van der Waals surface area contributed by atoms with Crippen LogP contribution in [0.2, 0.25) is 5.02 Å². The number of rotatable bonds is 9. The van der Waals surface area contributed by atoms with E-state index in [1.165, 1.54) is 0 Å². The minimum atomic E-state index is -1.37. The van der Waals surface area contributed by atoms with Gasteiger partial charge in [-0.1, -0.05) is 28.9 Å². The zero-order chi connectivity index (χ0) is 22.7. The minimum Gasteiger partial charge on any atom is -0.492 e. The molecule has 0 aliphatic heterocycles. The molecule has 0 saturated carbocycles. The summed E-state index contributed by atoms with van der Waals surface area (Å²) in [5, 5.41) is 17.8. The van der Waals surface area contributed by atoms with Crippen LogP contribution in [-0.4, -0.2) is 30.0 Å². The molecule has 1 unspecified atom stereocenters. The molecule has 0 bridgehead atoms. The minimum absolute atomic E-state index is 0.285. The number of aliphatic hydroxyl groups is 1. The maximum absolute atomic E-state index is 10.7. The lowest BCUT2D eigenvalue weighted by Gasteiger charge is -2.20. The Morgan fingerprint density at radius 2 is 2.00 bits per heavy atom. The van der Waals surface area contributed by atoms with Gasteiger partial charge in [-0.15, -0.1) is 0 Å². The summed E-state index contributed by atoms with van der Waals surface area (Å²) in [6.07, 6.45) is 0.895. The molecule has 2 aromatic carbocycles. The van der Waals surface area contributed by atoms with Crippen molar-refractivity contribution in [2.75, 3.05) is 19.8 Å². The number of ether oxygens (including phenoxy) is 1. The van der Waals surface area contributed by atoms with Crippen molar-refractivity contribution in [1.29, 1.82) is 0 Å². The molecule has 8 nitrogen and oxygen atoms in total. The van der Waals surface area contributed by atoms with Crippen molar-refractivity contribution in [1.82, 2.24) is 5.16 Å². The van der Waals surface area contributed by atoms with Crippen LogP contribution >= 0.6 is 11.6 Å². The van der Waals surface area contributed by atoms with E-state index in [4.69, 9.17) is 31.0 Å². The van der Waals surface area contributed by atoms with Gasteiger partial charge in [0, 0.05) is 22.6 Å². The van der Waals surface area contributed by atoms with Crippen LogP contribution in [0.1, 0.15) is 19.1 Å². The molecular formula is C23H22ClN3O5. The van der Waals surface area contributed by atoms with Crippen LogP contribution in [0.15, 0.2) is 62.6 Å². The van der Waals surface area contributed by atoms with Crippen molar-refractivity contribution in [2.24, 2.45) is 10.9 Å². The molecule has 9 heteroatoms. The lowest BCUT2D eigenvalue weighted by Crippen LogP contribution is -2.43. The molecule has 166 valence electrons. The number of hydrogen-bond donors (Lipinski definition) is 2. The summed E-state index contributed by atoms with van der Waals surface area (Å²) in [4.78, 5) is 10.7. The molecule has 0 aliphatic rings. The fourth-order valence-corrected chi connectivity index (χ4v) is 3.53. The number of halogens is 1. The maximum atomic E-state index is 10.7. The number of nitrogens with zero attached hydrogens (tertiary/aromatic N) is 2. The molecule has 4 rings (SSSR count). The Morgan fingerprint density at radius 1 is 1.19 bits per heavy atom. The normalized spacial score (nSPS) is 13.2. The van der Waals surface area contributed by atoms with Crippen molar-refractivity contribution < 1.29 is 18.8 Å². The fourth-order valence-electron chi connectivity index (χ4n) is 3.30. The van der Waals surface area contributed by atoms with Crippen molar-refractivity contribution >= 4 is 22.6 Å². The summed E-state index contributed by atoms with van der Waals surface area (Å²) < 4.78 is 16.9. The zero-order valence-corrected chi connectivity index (χ0v) is 18.1. The van der Waals surface area contributed by atoms with Crippen LogP contribution in [0.25, 0.3) is 33.6 Å². The third-order valence-corrected chi connectivity index (χ3v) is 5.42. The standard InChI is InChI=1S/C23H22ClN3O5/c1-2-7-30-20-6-4-15(9-17(20)24)21-11-18(27-32-21)14-3-5-19-16(8-14)10-22(31-19)23(25,13-28)12-26-29/h3-6,8-11,28H,2,7,12-13,25H2,1H3. The summed E-state index contributed by atoms with van der Waals surface area (Å²) in [7, 11) is 0. The van der Waals surface area contributed by atoms with Gasteiger partial charge < -0.3 is 24.5 Å². The summed E-state index contributed by atoms with van der Waals surface area (Å²) in [5.74, 6) is 1.48. The lowest BCUT2D eigenvalue weighted by atomic mass is 9.98. The first-order chi connectivity index (χ1) is 15.5.